The third kappa shape index (κ3) is 3.21. The summed E-state index contributed by atoms with van der Waals surface area (Å²) in [5, 5.41) is 0. The van der Waals surface area contributed by atoms with Gasteiger partial charge in [-0.15, -0.1) is 0 Å². The Balaban J connectivity index is 2.62. The molecular weight excluding hydrogens is 202 g/mol. The van der Waals surface area contributed by atoms with E-state index in [9.17, 15) is 4.79 Å². The van der Waals surface area contributed by atoms with Gasteiger partial charge in [0.05, 0.1) is 7.11 Å². The van der Waals surface area contributed by atoms with Crippen LogP contribution in [0.1, 0.15) is 52.4 Å². The highest BCUT2D eigenvalue weighted by molar-refractivity contribution is 5.75. The van der Waals surface area contributed by atoms with E-state index in [1.54, 1.807) is 0 Å². The Morgan fingerprint density at radius 1 is 1.50 bits per heavy atom. The van der Waals surface area contributed by atoms with Gasteiger partial charge < -0.3 is 4.74 Å². The predicted molar refractivity (Wildman–Crippen MR) is 65.3 cm³/mol. The van der Waals surface area contributed by atoms with Gasteiger partial charge in [0.2, 0.25) is 0 Å². The number of likely N-dealkylation sites (tertiary alicyclic amines) is 1. The Kier molecular flexibility index (Phi) is 5.81. The van der Waals surface area contributed by atoms with Crippen LogP contribution in [0.4, 0.5) is 0 Å². The van der Waals surface area contributed by atoms with Crippen LogP contribution < -0.4 is 0 Å². The number of carbonyl (C=O) groups excluding carboxylic acids is 1. The number of rotatable bonds is 6. The third-order valence-corrected chi connectivity index (χ3v) is 3.60. The zero-order valence-corrected chi connectivity index (χ0v) is 10.9. The number of methoxy groups -OCH3 is 1. The molecule has 1 rings (SSSR count). The minimum atomic E-state index is -0.0474. The van der Waals surface area contributed by atoms with Crippen LogP contribution in [-0.4, -0.2) is 36.6 Å². The fourth-order valence-corrected chi connectivity index (χ4v) is 2.66. The molecule has 3 heteroatoms. The van der Waals surface area contributed by atoms with Crippen LogP contribution in [0.15, 0.2) is 0 Å². The van der Waals surface area contributed by atoms with Crippen LogP contribution in [0.3, 0.4) is 0 Å². The zero-order valence-electron chi connectivity index (χ0n) is 10.9. The second-order valence-corrected chi connectivity index (χ2v) is 4.62. The maximum Gasteiger partial charge on any atom is 0.323 e. The second kappa shape index (κ2) is 6.89. The minimum Gasteiger partial charge on any atom is -0.468 e. The van der Waals surface area contributed by atoms with E-state index in [-0.39, 0.29) is 12.0 Å². The minimum absolute atomic E-state index is 0.00241. The Hall–Kier alpha value is -0.570. The van der Waals surface area contributed by atoms with Crippen molar-refractivity contribution in [2.45, 2.75) is 64.5 Å². The first kappa shape index (κ1) is 13.5. The second-order valence-electron chi connectivity index (χ2n) is 4.62. The number of ether oxygens (including phenoxy) is 1. The molecule has 1 heterocycles. The van der Waals surface area contributed by atoms with E-state index < -0.39 is 0 Å². The molecule has 1 fully saturated rings. The molecule has 0 aliphatic carbocycles. The number of carbonyl (C=O) groups is 1. The summed E-state index contributed by atoms with van der Waals surface area (Å²) in [5.74, 6) is -0.0474. The molecule has 0 aromatic heterocycles. The highest BCUT2D eigenvalue weighted by atomic mass is 16.5. The van der Waals surface area contributed by atoms with Crippen molar-refractivity contribution in [3.63, 3.8) is 0 Å². The van der Waals surface area contributed by atoms with Crippen LogP contribution in [0.25, 0.3) is 0 Å². The van der Waals surface area contributed by atoms with E-state index in [0.717, 1.165) is 32.2 Å². The summed E-state index contributed by atoms with van der Waals surface area (Å²) in [5.41, 5.74) is 0. The Bertz CT molecular complexity index is 218. The summed E-state index contributed by atoms with van der Waals surface area (Å²) in [6, 6.07) is 0.582. The van der Waals surface area contributed by atoms with Gasteiger partial charge >= 0.3 is 5.97 Å². The molecule has 16 heavy (non-hydrogen) atoms. The van der Waals surface area contributed by atoms with E-state index in [2.05, 4.69) is 18.7 Å². The van der Waals surface area contributed by atoms with Crippen molar-refractivity contribution in [3.05, 3.63) is 0 Å². The average molecular weight is 227 g/mol. The quantitative estimate of drug-likeness (QED) is 0.653. The molecule has 1 saturated heterocycles. The monoisotopic (exact) mass is 227 g/mol. The number of hydrogen-bond donors (Lipinski definition) is 0. The lowest BCUT2D eigenvalue weighted by molar-refractivity contribution is -0.147. The van der Waals surface area contributed by atoms with Gasteiger partial charge in [0.25, 0.3) is 0 Å². The highest BCUT2D eigenvalue weighted by Gasteiger charge is 2.33. The molecule has 0 amide bonds. The lowest BCUT2D eigenvalue weighted by Gasteiger charge is -2.30. The van der Waals surface area contributed by atoms with Gasteiger partial charge in [0.15, 0.2) is 0 Å². The summed E-state index contributed by atoms with van der Waals surface area (Å²) in [7, 11) is 1.50. The van der Waals surface area contributed by atoms with E-state index in [0.29, 0.717) is 6.04 Å². The van der Waals surface area contributed by atoms with Crippen molar-refractivity contribution in [2.24, 2.45) is 0 Å². The molecule has 3 nitrogen and oxygen atoms in total. The SMILES string of the molecule is CCCCC(C(=O)OC)N1CCCC1CC. The van der Waals surface area contributed by atoms with E-state index in [1.807, 2.05) is 0 Å². The Morgan fingerprint density at radius 3 is 2.81 bits per heavy atom. The van der Waals surface area contributed by atoms with Gasteiger partial charge in [-0.25, -0.2) is 0 Å². The molecule has 0 aromatic rings. The summed E-state index contributed by atoms with van der Waals surface area (Å²) < 4.78 is 4.93. The Morgan fingerprint density at radius 2 is 2.25 bits per heavy atom. The molecule has 0 aromatic carbocycles. The summed E-state index contributed by atoms with van der Waals surface area (Å²) in [4.78, 5) is 14.2. The van der Waals surface area contributed by atoms with Crippen molar-refractivity contribution < 1.29 is 9.53 Å². The first-order chi connectivity index (χ1) is 7.74. The van der Waals surface area contributed by atoms with Gasteiger partial charge in [0.1, 0.15) is 6.04 Å². The molecule has 0 bridgehead atoms. The van der Waals surface area contributed by atoms with Crippen molar-refractivity contribution >= 4 is 5.97 Å². The van der Waals surface area contributed by atoms with Crippen LogP contribution in [0.5, 0.6) is 0 Å². The molecule has 2 unspecified atom stereocenters. The van der Waals surface area contributed by atoms with Gasteiger partial charge in [-0.1, -0.05) is 26.7 Å². The van der Waals surface area contributed by atoms with Gasteiger partial charge in [0, 0.05) is 6.04 Å². The van der Waals surface area contributed by atoms with Crippen LogP contribution in [0, 0.1) is 0 Å². The highest BCUT2D eigenvalue weighted by Crippen LogP contribution is 2.25. The van der Waals surface area contributed by atoms with Crippen LogP contribution in [-0.2, 0) is 9.53 Å². The maximum absolute atomic E-state index is 11.8. The fraction of sp³-hybridized carbons (Fsp3) is 0.923. The summed E-state index contributed by atoms with van der Waals surface area (Å²) >= 11 is 0. The molecule has 0 N–H and O–H groups in total. The first-order valence-corrected chi connectivity index (χ1v) is 6.58. The first-order valence-electron chi connectivity index (χ1n) is 6.58. The van der Waals surface area contributed by atoms with Crippen molar-refractivity contribution in [2.75, 3.05) is 13.7 Å². The normalized spacial score (nSPS) is 23.3. The lowest BCUT2D eigenvalue weighted by atomic mass is 10.1. The standard InChI is InChI=1S/C13H25NO2/c1-4-6-9-12(13(15)16-3)14-10-7-8-11(14)5-2/h11-12H,4-10H2,1-3H3. The lowest BCUT2D eigenvalue weighted by Crippen LogP contribution is -2.44. The van der Waals surface area contributed by atoms with Crippen molar-refractivity contribution in [1.29, 1.82) is 0 Å². The molecular formula is C13H25NO2. The maximum atomic E-state index is 11.8. The van der Waals surface area contributed by atoms with Crippen molar-refractivity contribution in [1.82, 2.24) is 4.90 Å². The number of unbranched alkanes of at least 4 members (excludes halogenated alkanes) is 1. The molecule has 94 valence electrons. The van der Waals surface area contributed by atoms with Gasteiger partial charge in [-0.2, -0.15) is 0 Å². The molecule has 0 saturated carbocycles. The molecule has 0 spiro atoms. The van der Waals surface area contributed by atoms with E-state index in [4.69, 9.17) is 4.74 Å². The van der Waals surface area contributed by atoms with E-state index in [1.165, 1.54) is 20.0 Å². The Labute approximate surface area is 99.1 Å². The number of nitrogens with zero attached hydrogens (tertiary/aromatic N) is 1. The van der Waals surface area contributed by atoms with Crippen LogP contribution in [0.2, 0.25) is 0 Å². The summed E-state index contributed by atoms with van der Waals surface area (Å²) in [6.45, 7) is 5.43. The fourth-order valence-electron chi connectivity index (χ4n) is 2.66. The van der Waals surface area contributed by atoms with Crippen LogP contribution >= 0.6 is 0 Å². The number of hydrogen-bond acceptors (Lipinski definition) is 3. The van der Waals surface area contributed by atoms with Gasteiger partial charge in [-0.05, 0) is 32.2 Å². The average Bonchev–Trinajstić information content (AvgIpc) is 2.77. The molecule has 1 aliphatic heterocycles. The summed E-state index contributed by atoms with van der Waals surface area (Å²) in [6.07, 6.45) is 6.78. The molecule has 0 radical (unpaired) electrons. The smallest absolute Gasteiger partial charge is 0.323 e. The third-order valence-electron chi connectivity index (χ3n) is 3.60. The van der Waals surface area contributed by atoms with Gasteiger partial charge in [-0.3, -0.25) is 9.69 Å². The largest absolute Gasteiger partial charge is 0.468 e. The van der Waals surface area contributed by atoms with Crippen molar-refractivity contribution in [3.8, 4) is 0 Å². The number of esters is 1. The molecule has 1 aliphatic rings. The predicted octanol–water partition coefficient (Wildman–Crippen LogP) is 2.59. The zero-order chi connectivity index (χ0) is 12.0. The topological polar surface area (TPSA) is 29.5 Å². The molecule has 2 atom stereocenters. The van der Waals surface area contributed by atoms with E-state index >= 15 is 0 Å².